The molecule has 128 valence electrons. The van der Waals surface area contributed by atoms with Crippen molar-refractivity contribution in [2.24, 2.45) is 5.16 Å². The molecule has 8 heteroatoms. The maximum atomic E-state index is 8.76. The molecule has 3 rings (SSSR count). The molecule has 0 saturated heterocycles. The third-order valence-corrected chi connectivity index (χ3v) is 4.33. The summed E-state index contributed by atoms with van der Waals surface area (Å²) < 4.78 is 7.42. The lowest BCUT2D eigenvalue weighted by Crippen LogP contribution is -2.03. The minimum absolute atomic E-state index is 0.527. The van der Waals surface area contributed by atoms with E-state index < -0.39 is 0 Å². The monoisotopic (exact) mass is 355 g/mol. The summed E-state index contributed by atoms with van der Waals surface area (Å²) in [6.07, 6.45) is 0. The standard InChI is InChI=1S/C17H17N5O2S/c1-13(19-23)14-7-9-16(10-8-14)24-11-12-25-17-18-20-21-22(17)15-5-3-2-4-6-15/h2-10,23H,11-12H2,1H3/b19-13-. The van der Waals surface area contributed by atoms with Gasteiger partial charge < -0.3 is 9.94 Å². The molecule has 25 heavy (non-hydrogen) atoms. The first-order chi connectivity index (χ1) is 12.3. The van der Waals surface area contributed by atoms with Gasteiger partial charge in [0.05, 0.1) is 18.0 Å². The predicted octanol–water partition coefficient (Wildman–Crippen LogP) is 3.03. The Morgan fingerprint density at radius 3 is 2.64 bits per heavy atom. The summed E-state index contributed by atoms with van der Waals surface area (Å²) in [5, 5.41) is 24.5. The van der Waals surface area contributed by atoms with Crippen LogP contribution in [-0.4, -0.2) is 43.5 Å². The molecule has 0 aliphatic carbocycles. The molecule has 0 aliphatic rings. The molecule has 0 bridgehead atoms. The Hall–Kier alpha value is -2.87. The van der Waals surface area contributed by atoms with Gasteiger partial charge in [0, 0.05) is 5.75 Å². The van der Waals surface area contributed by atoms with E-state index in [1.807, 2.05) is 54.6 Å². The quantitative estimate of drug-likeness (QED) is 0.230. The minimum Gasteiger partial charge on any atom is -0.493 e. The molecule has 0 radical (unpaired) electrons. The van der Waals surface area contributed by atoms with Gasteiger partial charge in [0.25, 0.3) is 0 Å². The van der Waals surface area contributed by atoms with E-state index in [2.05, 4.69) is 20.7 Å². The average Bonchev–Trinajstić information content (AvgIpc) is 3.14. The summed E-state index contributed by atoms with van der Waals surface area (Å²) in [5.74, 6) is 1.48. The molecule has 7 nitrogen and oxygen atoms in total. The third kappa shape index (κ3) is 4.36. The molecule has 1 N–H and O–H groups in total. The Morgan fingerprint density at radius 1 is 1.16 bits per heavy atom. The first kappa shape index (κ1) is 17.0. The Kier molecular flexibility index (Phi) is 5.63. The number of hydrogen-bond acceptors (Lipinski definition) is 7. The zero-order chi connectivity index (χ0) is 17.5. The fourth-order valence-electron chi connectivity index (χ4n) is 2.14. The van der Waals surface area contributed by atoms with Crippen LogP contribution in [0.2, 0.25) is 0 Å². The SMILES string of the molecule is C/C(=N/O)c1ccc(OCCSc2nnnn2-c2ccccc2)cc1. The molecule has 2 aromatic carbocycles. The van der Waals surface area contributed by atoms with E-state index in [0.29, 0.717) is 18.1 Å². The van der Waals surface area contributed by atoms with E-state index >= 15 is 0 Å². The highest BCUT2D eigenvalue weighted by Gasteiger charge is 2.08. The van der Waals surface area contributed by atoms with E-state index in [1.165, 1.54) is 11.8 Å². The van der Waals surface area contributed by atoms with Crippen LogP contribution in [0.25, 0.3) is 5.69 Å². The van der Waals surface area contributed by atoms with Crippen LogP contribution in [0, 0.1) is 0 Å². The van der Waals surface area contributed by atoms with E-state index in [9.17, 15) is 0 Å². The van der Waals surface area contributed by atoms with Crippen LogP contribution in [0.1, 0.15) is 12.5 Å². The molecule has 3 aromatic rings. The Labute approximate surface area is 149 Å². The summed E-state index contributed by atoms with van der Waals surface area (Å²) in [6, 6.07) is 17.2. The molecule has 0 aliphatic heterocycles. The fourth-order valence-corrected chi connectivity index (χ4v) is 2.85. The molecular weight excluding hydrogens is 338 g/mol. The first-order valence-electron chi connectivity index (χ1n) is 7.66. The lowest BCUT2D eigenvalue weighted by molar-refractivity contribution is 0.319. The molecular formula is C17H17N5O2S. The number of benzene rings is 2. The third-order valence-electron chi connectivity index (χ3n) is 3.45. The van der Waals surface area contributed by atoms with E-state index in [0.717, 1.165) is 22.2 Å². The van der Waals surface area contributed by atoms with Gasteiger partial charge in [-0.2, -0.15) is 4.68 Å². The number of aromatic nitrogens is 4. The summed E-state index contributed by atoms with van der Waals surface area (Å²) in [5.41, 5.74) is 2.34. The van der Waals surface area contributed by atoms with Crippen LogP contribution in [0.3, 0.4) is 0 Å². The van der Waals surface area contributed by atoms with Crippen molar-refractivity contribution in [3.05, 3.63) is 60.2 Å². The van der Waals surface area contributed by atoms with Gasteiger partial charge in [0.15, 0.2) is 0 Å². The van der Waals surface area contributed by atoms with Gasteiger partial charge in [-0.15, -0.1) is 5.10 Å². The minimum atomic E-state index is 0.527. The van der Waals surface area contributed by atoms with E-state index in [4.69, 9.17) is 9.94 Å². The van der Waals surface area contributed by atoms with Gasteiger partial charge in [-0.3, -0.25) is 0 Å². The highest BCUT2D eigenvalue weighted by atomic mass is 32.2. The van der Waals surface area contributed by atoms with Gasteiger partial charge in [0.1, 0.15) is 5.75 Å². The van der Waals surface area contributed by atoms with Crippen LogP contribution in [0.5, 0.6) is 5.75 Å². The first-order valence-corrected chi connectivity index (χ1v) is 8.65. The van der Waals surface area contributed by atoms with Gasteiger partial charge >= 0.3 is 0 Å². The van der Waals surface area contributed by atoms with Crippen molar-refractivity contribution in [3.8, 4) is 11.4 Å². The lowest BCUT2D eigenvalue weighted by Gasteiger charge is -2.07. The predicted molar refractivity (Wildman–Crippen MR) is 95.8 cm³/mol. The summed E-state index contributed by atoms with van der Waals surface area (Å²) in [6.45, 7) is 2.27. The van der Waals surface area contributed by atoms with Crippen molar-refractivity contribution in [3.63, 3.8) is 0 Å². The number of tetrazole rings is 1. The number of thioether (sulfide) groups is 1. The Morgan fingerprint density at radius 2 is 1.92 bits per heavy atom. The molecule has 0 unspecified atom stereocenters. The normalized spacial score (nSPS) is 11.5. The van der Waals surface area contributed by atoms with Crippen LogP contribution in [-0.2, 0) is 0 Å². The maximum absolute atomic E-state index is 8.76. The van der Waals surface area contributed by atoms with E-state index in [1.54, 1.807) is 11.6 Å². The van der Waals surface area contributed by atoms with Gasteiger partial charge in [0.2, 0.25) is 5.16 Å². The zero-order valence-electron chi connectivity index (χ0n) is 13.6. The average molecular weight is 355 g/mol. The summed E-state index contributed by atoms with van der Waals surface area (Å²) >= 11 is 1.53. The lowest BCUT2D eigenvalue weighted by atomic mass is 10.1. The van der Waals surface area contributed by atoms with E-state index in [-0.39, 0.29) is 0 Å². The van der Waals surface area contributed by atoms with Crippen LogP contribution < -0.4 is 4.74 Å². The second-order valence-electron chi connectivity index (χ2n) is 5.12. The molecule has 0 atom stereocenters. The van der Waals surface area contributed by atoms with Crippen molar-refractivity contribution in [1.29, 1.82) is 0 Å². The Balaban J connectivity index is 1.52. The van der Waals surface area contributed by atoms with Crippen molar-refractivity contribution in [1.82, 2.24) is 20.2 Å². The van der Waals surface area contributed by atoms with Crippen LogP contribution in [0.4, 0.5) is 0 Å². The molecule has 0 amide bonds. The Bertz CT molecular complexity index is 834. The van der Waals surface area contributed by atoms with Crippen LogP contribution >= 0.6 is 11.8 Å². The molecule has 1 aromatic heterocycles. The number of para-hydroxylation sites is 1. The molecule has 0 fully saturated rings. The van der Waals surface area contributed by atoms with Crippen molar-refractivity contribution < 1.29 is 9.94 Å². The van der Waals surface area contributed by atoms with Crippen molar-refractivity contribution in [2.45, 2.75) is 12.1 Å². The molecule has 1 heterocycles. The topological polar surface area (TPSA) is 85.4 Å². The van der Waals surface area contributed by atoms with Gasteiger partial charge in [-0.05, 0) is 59.3 Å². The van der Waals surface area contributed by atoms with Gasteiger partial charge in [-0.1, -0.05) is 35.1 Å². The summed E-state index contributed by atoms with van der Waals surface area (Å²) in [7, 11) is 0. The zero-order valence-corrected chi connectivity index (χ0v) is 14.4. The molecule has 0 saturated carbocycles. The fraction of sp³-hybridized carbons (Fsp3) is 0.176. The number of ether oxygens (including phenoxy) is 1. The van der Waals surface area contributed by atoms with Crippen LogP contribution in [0.15, 0.2) is 64.9 Å². The van der Waals surface area contributed by atoms with Crippen molar-refractivity contribution >= 4 is 17.5 Å². The molecule has 0 spiro atoms. The largest absolute Gasteiger partial charge is 0.493 e. The maximum Gasteiger partial charge on any atom is 0.214 e. The highest BCUT2D eigenvalue weighted by Crippen LogP contribution is 2.18. The number of rotatable bonds is 7. The van der Waals surface area contributed by atoms with Gasteiger partial charge in [-0.25, -0.2) is 0 Å². The highest BCUT2D eigenvalue weighted by molar-refractivity contribution is 7.99. The second kappa shape index (κ2) is 8.29. The number of nitrogens with zero attached hydrogens (tertiary/aromatic N) is 5. The number of hydrogen-bond donors (Lipinski definition) is 1. The number of oxime groups is 1. The summed E-state index contributed by atoms with van der Waals surface area (Å²) in [4.78, 5) is 0. The second-order valence-corrected chi connectivity index (χ2v) is 6.18. The van der Waals surface area contributed by atoms with Crippen molar-refractivity contribution in [2.75, 3.05) is 12.4 Å². The smallest absolute Gasteiger partial charge is 0.214 e.